The summed E-state index contributed by atoms with van der Waals surface area (Å²) in [4.78, 5) is 0. The van der Waals surface area contributed by atoms with E-state index in [1.165, 1.54) is 0 Å². The zero-order chi connectivity index (χ0) is 28.3. The van der Waals surface area contributed by atoms with E-state index in [1.54, 1.807) is 0 Å². The molecule has 0 unspecified atom stereocenters. The number of aliphatic hydroxyl groups is 4. The Hall–Kier alpha value is -0.550. The fraction of sp³-hybridized carbons (Fsp3) is 0.931. The van der Waals surface area contributed by atoms with Crippen molar-refractivity contribution in [2.75, 3.05) is 6.61 Å². The van der Waals surface area contributed by atoms with Crippen LogP contribution >= 0.6 is 0 Å². The number of aliphatic hydroxyl groups excluding tert-OH is 3. The molecule has 0 aromatic rings. The van der Waals surface area contributed by atoms with Crippen LogP contribution in [0.25, 0.3) is 0 Å². The van der Waals surface area contributed by atoms with Crippen LogP contribution in [0.3, 0.4) is 0 Å². The number of fused-ring (bicyclic) bond motifs is 5. The van der Waals surface area contributed by atoms with E-state index in [0.717, 1.165) is 44.1 Å². The summed E-state index contributed by atoms with van der Waals surface area (Å²) < 4.78 is 37.2. The molecule has 9 heteroatoms. The van der Waals surface area contributed by atoms with Crippen molar-refractivity contribution < 1.29 is 37.6 Å². The summed E-state index contributed by atoms with van der Waals surface area (Å²) in [5.74, 6) is 0.403. The number of allylic oxidation sites excluding steroid dienone is 1. The van der Waals surface area contributed by atoms with Gasteiger partial charge >= 0.3 is 10.4 Å². The Labute approximate surface area is 228 Å². The molecule has 0 spiro atoms. The monoisotopic (exact) mass is 558 g/mol. The fourth-order valence-corrected chi connectivity index (χ4v) is 10.5. The quantitative estimate of drug-likeness (QED) is 0.212. The average Bonchev–Trinajstić information content (AvgIpc) is 3.07. The van der Waals surface area contributed by atoms with E-state index in [2.05, 4.69) is 27.4 Å². The molecule has 0 bridgehead atoms. The molecule has 0 radical (unpaired) electrons. The predicted octanol–water partition coefficient (Wildman–Crippen LogP) is 3.88. The third kappa shape index (κ3) is 4.92. The molecule has 0 saturated heterocycles. The van der Waals surface area contributed by atoms with Crippen molar-refractivity contribution in [2.24, 2.45) is 46.3 Å². The lowest BCUT2D eigenvalue weighted by Crippen LogP contribution is -2.62. The van der Waals surface area contributed by atoms with Crippen LogP contribution in [0.1, 0.15) is 91.9 Å². The van der Waals surface area contributed by atoms with E-state index in [0.29, 0.717) is 25.2 Å². The molecule has 4 saturated carbocycles. The van der Waals surface area contributed by atoms with Gasteiger partial charge in [0.2, 0.25) is 0 Å². The Morgan fingerprint density at radius 2 is 1.82 bits per heavy atom. The summed E-state index contributed by atoms with van der Waals surface area (Å²) in [7, 11) is -4.70. The van der Waals surface area contributed by atoms with Gasteiger partial charge < -0.3 is 20.4 Å². The van der Waals surface area contributed by atoms with E-state index in [1.807, 2.05) is 6.92 Å². The SMILES string of the molecule is C=C(C)[C@@H](CC)CC[C@@H](C)[C@@]1(O)C[C@@H](O)[C@H]2[C@@H]3CC[C@H]4C[C@H](O)[C@@H](OS(=O)(=O)O)C[C@]4(C)[C@H]3CC[C@@]21CO. The van der Waals surface area contributed by atoms with Gasteiger partial charge in [-0.3, -0.25) is 4.55 Å². The molecule has 0 aliphatic heterocycles. The maximum atomic E-state index is 12.3. The summed E-state index contributed by atoms with van der Waals surface area (Å²) in [6.45, 7) is 12.3. The van der Waals surface area contributed by atoms with Gasteiger partial charge in [-0.2, -0.15) is 8.42 Å². The Balaban J connectivity index is 1.60. The Bertz CT molecular complexity index is 985. The highest BCUT2D eigenvalue weighted by Crippen LogP contribution is 2.69. The molecule has 0 heterocycles. The molecule has 4 rings (SSSR count). The molecule has 4 aliphatic rings. The van der Waals surface area contributed by atoms with Crippen LogP contribution in [0.5, 0.6) is 0 Å². The van der Waals surface area contributed by atoms with Gasteiger partial charge in [0.25, 0.3) is 0 Å². The highest BCUT2D eigenvalue weighted by molar-refractivity contribution is 7.80. The van der Waals surface area contributed by atoms with Gasteiger partial charge in [-0.15, -0.1) is 0 Å². The minimum atomic E-state index is -4.70. The van der Waals surface area contributed by atoms with E-state index < -0.39 is 39.7 Å². The van der Waals surface area contributed by atoms with E-state index in [-0.39, 0.29) is 48.0 Å². The van der Waals surface area contributed by atoms with Crippen LogP contribution in [0, 0.1) is 46.3 Å². The van der Waals surface area contributed by atoms with Crippen molar-refractivity contribution in [3.05, 3.63) is 12.2 Å². The minimum Gasteiger partial charge on any atom is -0.396 e. The smallest absolute Gasteiger partial charge is 0.396 e. The molecule has 0 aromatic carbocycles. The first-order chi connectivity index (χ1) is 17.6. The van der Waals surface area contributed by atoms with Crippen molar-refractivity contribution in [2.45, 2.75) is 116 Å². The molecule has 12 atom stereocenters. The van der Waals surface area contributed by atoms with Crippen LogP contribution in [0.15, 0.2) is 12.2 Å². The highest BCUT2D eigenvalue weighted by atomic mass is 32.3. The van der Waals surface area contributed by atoms with Crippen LogP contribution in [-0.4, -0.2) is 63.9 Å². The third-order valence-corrected chi connectivity index (χ3v) is 12.5. The van der Waals surface area contributed by atoms with Gasteiger partial charge in [-0.1, -0.05) is 32.9 Å². The first kappa shape index (κ1) is 30.4. The molecule has 0 aromatic heterocycles. The highest BCUT2D eigenvalue weighted by Gasteiger charge is 2.70. The van der Waals surface area contributed by atoms with E-state index in [9.17, 15) is 33.4 Å². The first-order valence-electron chi connectivity index (χ1n) is 14.6. The zero-order valence-electron chi connectivity index (χ0n) is 23.6. The molecule has 4 fully saturated rings. The van der Waals surface area contributed by atoms with Gasteiger partial charge in [0.05, 0.1) is 24.4 Å². The molecule has 5 N–H and O–H groups in total. The molecule has 8 nitrogen and oxygen atoms in total. The lowest BCUT2D eigenvalue weighted by Gasteiger charge is -2.63. The summed E-state index contributed by atoms with van der Waals surface area (Å²) in [5.41, 5.74) is -1.17. The van der Waals surface area contributed by atoms with Crippen molar-refractivity contribution in [3.8, 4) is 0 Å². The van der Waals surface area contributed by atoms with Gasteiger partial charge in [0, 0.05) is 11.8 Å². The number of hydrogen-bond donors (Lipinski definition) is 5. The summed E-state index contributed by atoms with van der Waals surface area (Å²) in [6.07, 6.45) is 3.93. The topological polar surface area (TPSA) is 145 Å². The molecule has 0 amide bonds. The first-order valence-corrected chi connectivity index (χ1v) is 16.0. The Morgan fingerprint density at radius 3 is 2.39 bits per heavy atom. The summed E-state index contributed by atoms with van der Waals surface area (Å²) in [6, 6.07) is 0. The molecule has 38 heavy (non-hydrogen) atoms. The third-order valence-electron chi connectivity index (χ3n) is 12.0. The Morgan fingerprint density at radius 1 is 1.13 bits per heavy atom. The Kier molecular flexibility index (Phi) is 8.56. The van der Waals surface area contributed by atoms with Gasteiger partial charge in [0.1, 0.15) is 6.10 Å². The second kappa shape index (κ2) is 10.7. The molecule has 220 valence electrons. The minimum absolute atomic E-state index is 0.0637. The van der Waals surface area contributed by atoms with Gasteiger partial charge in [-0.25, -0.2) is 4.18 Å². The molecule has 4 aliphatic carbocycles. The van der Waals surface area contributed by atoms with E-state index in [4.69, 9.17) is 4.18 Å². The average molecular weight is 559 g/mol. The van der Waals surface area contributed by atoms with Crippen LogP contribution < -0.4 is 0 Å². The number of hydrogen-bond acceptors (Lipinski definition) is 7. The van der Waals surface area contributed by atoms with Crippen molar-refractivity contribution in [1.82, 2.24) is 0 Å². The summed E-state index contributed by atoms with van der Waals surface area (Å²) in [5, 5.41) is 45.4. The van der Waals surface area contributed by atoms with Crippen LogP contribution in [0.4, 0.5) is 0 Å². The molecular formula is C29H50O8S. The second-order valence-electron chi connectivity index (χ2n) is 13.6. The fourth-order valence-electron chi connectivity index (χ4n) is 9.96. The normalized spacial score (nSPS) is 46.5. The van der Waals surface area contributed by atoms with Crippen molar-refractivity contribution in [3.63, 3.8) is 0 Å². The second-order valence-corrected chi connectivity index (χ2v) is 14.7. The molecular weight excluding hydrogens is 508 g/mol. The zero-order valence-corrected chi connectivity index (χ0v) is 24.4. The van der Waals surface area contributed by atoms with Gasteiger partial charge in [-0.05, 0) is 106 Å². The van der Waals surface area contributed by atoms with Gasteiger partial charge in [0.15, 0.2) is 0 Å². The van der Waals surface area contributed by atoms with E-state index >= 15 is 0 Å². The number of rotatable bonds is 9. The van der Waals surface area contributed by atoms with Crippen molar-refractivity contribution >= 4 is 10.4 Å². The van der Waals surface area contributed by atoms with Crippen molar-refractivity contribution in [1.29, 1.82) is 0 Å². The van der Waals surface area contributed by atoms with Crippen LogP contribution in [0.2, 0.25) is 0 Å². The predicted molar refractivity (Wildman–Crippen MR) is 144 cm³/mol. The lowest BCUT2D eigenvalue weighted by atomic mass is 9.43. The maximum absolute atomic E-state index is 12.3. The largest absolute Gasteiger partial charge is 0.397 e. The lowest BCUT2D eigenvalue weighted by molar-refractivity contribution is -0.205. The van der Waals surface area contributed by atoms with Crippen LogP contribution in [-0.2, 0) is 14.6 Å². The summed E-state index contributed by atoms with van der Waals surface area (Å²) >= 11 is 0. The maximum Gasteiger partial charge on any atom is 0.397 e. The standard InChI is InChI=1S/C29H50O8S/c1-6-19(17(2)3)8-7-18(4)29(33)14-24(32)26-21-10-9-20-13-23(31)25(37-38(34,35)36)15-27(20,5)22(21)11-12-28(26,29)16-30/h18-26,30-33H,2,6-16H2,1,3-5H3,(H,34,35,36)/t18-,19+,20+,21-,22+,23+,24-,25+,26-,27+,28-,29+/m1/s1.